The summed E-state index contributed by atoms with van der Waals surface area (Å²) in [7, 11) is -1.87. The van der Waals surface area contributed by atoms with Crippen molar-refractivity contribution < 1.29 is 8.42 Å². The van der Waals surface area contributed by atoms with Gasteiger partial charge in [-0.05, 0) is 26.0 Å². The standard InChI is InChI=1S/C14H25N3O2S/c1-5-8-15-11-13-10-14(12-17(13)7-3)20(18,19)16(4)9-6-2/h6,10,12,15H,2,5,7-9,11H2,1,3-4H3. The molecule has 0 aromatic carbocycles. The molecule has 0 fully saturated rings. The fourth-order valence-electron chi connectivity index (χ4n) is 1.96. The summed E-state index contributed by atoms with van der Waals surface area (Å²) in [4.78, 5) is 0.344. The maximum absolute atomic E-state index is 12.4. The third kappa shape index (κ3) is 3.94. The first kappa shape index (κ1) is 16.9. The highest BCUT2D eigenvalue weighted by atomic mass is 32.2. The molecule has 0 saturated heterocycles. The zero-order chi connectivity index (χ0) is 15.2. The molecule has 0 bridgehead atoms. The van der Waals surface area contributed by atoms with Crippen molar-refractivity contribution in [2.75, 3.05) is 20.1 Å². The molecule has 0 aliphatic rings. The Morgan fingerprint density at radius 3 is 2.70 bits per heavy atom. The number of rotatable bonds is 9. The first-order valence-corrected chi connectivity index (χ1v) is 8.38. The van der Waals surface area contributed by atoms with Crippen LogP contribution in [0.15, 0.2) is 29.8 Å². The van der Waals surface area contributed by atoms with E-state index in [4.69, 9.17) is 0 Å². The monoisotopic (exact) mass is 299 g/mol. The van der Waals surface area contributed by atoms with E-state index in [9.17, 15) is 8.42 Å². The van der Waals surface area contributed by atoms with Crippen LogP contribution in [-0.4, -0.2) is 37.4 Å². The number of aryl methyl sites for hydroxylation is 1. The van der Waals surface area contributed by atoms with E-state index in [1.165, 1.54) is 4.31 Å². The van der Waals surface area contributed by atoms with Gasteiger partial charge < -0.3 is 9.88 Å². The summed E-state index contributed by atoms with van der Waals surface area (Å²) in [6, 6.07) is 1.75. The molecule has 1 aromatic heterocycles. The second kappa shape index (κ2) is 7.61. The number of hydrogen-bond donors (Lipinski definition) is 1. The summed E-state index contributed by atoms with van der Waals surface area (Å²) >= 11 is 0. The van der Waals surface area contributed by atoms with Gasteiger partial charge in [0.1, 0.15) is 4.90 Å². The molecule has 1 aromatic rings. The summed E-state index contributed by atoms with van der Waals surface area (Å²) in [5.41, 5.74) is 0.992. The van der Waals surface area contributed by atoms with Gasteiger partial charge in [-0.3, -0.25) is 0 Å². The molecule has 5 nitrogen and oxygen atoms in total. The Kier molecular flexibility index (Phi) is 6.45. The van der Waals surface area contributed by atoms with Crippen molar-refractivity contribution in [2.24, 2.45) is 0 Å². The van der Waals surface area contributed by atoms with Crippen LogP contribution in [0.25, 0.3) is 0 Å². The minimum absolute atomic E-state index is 0.309. The number of sulfonamides is 1. The quantitative estimate of drug-likeness (QED) is 0.559. The summed E-state index contributed by atoms with van der Waals surface area (Å²) in [6.07, 6.45) is 4.34. The maximum Gasteiger partial charge on any atom is 0.244 e. The molecule has 0 spiro atoms. The smallest absolute Gasteiger partial charge is 0.244 e. The maximum atomic E-state index is 12.4. The zero-order valence-electron chi connectivity index (χ0n) is 12.6. The van der Waals surface area contributed by atoms with Crippen molar-refractivity contribution in [2.45, 2.75) is 38.3 Å². The molecule has 114 valence electrons. The molecule has 1 rings (SSSR count). The van der Waals surface area contributed by atoms with E-state index in [1.54, 1.807) is 25.4 Å². The molecule has 0 saturated carbocycles. The molecule has 6 heteroatoms. The summed E-state index contributed by atoms with van der Waals surface area (Å²) in [5.74, 6) is 0. The van der Waals surface area contributed by atoms with Crippen LogP contribution in [0.1, 0.15) is 26.0 Å². The molecule has 0 radical (unpaired) electrons. The van der Waals surface area contributed by atoms with Gasteiger partial charge in [0.2, 0.25) is 10.0 Å². The molecule has 0 aliphatic carbocycles. The third-order valence-corrected chi connectivity index (χ3v) is 4.92. The lowest BCUT2D eigenvalue weighted by Crippen LogP contribution is -2.26. The van der Waals surface area contributed by atoms with Crippen LogP contribution >= 0.6 is 0 Å². The van der Waals surface area contributed by atoms with Crippen LogP contribution in [0, 0.1) is 0 Å². The topological polar surface area (TPSA) is 54.3 Å². The van der Waals surface area contributed by atoms with Crippen molar-refractivity contribution in [3.8, 4) is 0 Å². The first-order valence-electron chi connectivity index (χ1n) is 6.94. The van der Waals surface area contributed by atoms with E-state index >= 15 is 0 Å². The van der Waals surface area contributed by atoms with Crippen LogP contribution in [0.4, 0.5) is 0 Å². The molecular formula is C14H25N3O2S. The van der Waals surface area contributed by atoms with Crippen molar-refractivity contribution >= 4 is 10.0 Å². The van der Waals surface area contributed by atoms with Gasteiger partial charge in [-0.1, -0.05) is 13.0 Å². The van der Waals surface area contributed by atoms with Crippen molar-refractivity contribution in [3.05, 3.63) is 30.6 Å². The second-order valence-corrected chi connectivity index (χ2v) is 6.75. The molecular weight excluding hydrogens is 274 g/mol. The number of nitrogens with one attached hydrogen (secondary N) is 1. The molecule has 0 amide bonds. The lowest BCUT2D eigenvalue weighted by Gasteiger charge is -2.13. The van der Waals surface area contributed by atoms with Gasteiger partial charge >= 0.3 is 0 Å². The van der Waals surface area contributed by atoms with Crippen LogP contribution in [0.2, 0.25) is 0 Å². The molecule has 1 N–H and O–H groups in total. The van der Waals surface area contributed by atoms with Gasteiger partial charge in [-0.15, -0.1) is 6.58 Å². The van der Waals surface area contributed by atoms with E-state index < -0.39 is 10.0 Å². The highest BCUT2D eigenvalue weighted by Crippen LogP contribution is 2.18. The fourth-order valence-corrected chi connectivity index (χ4v) is 3.17. The predicted molar refractivity (Wildman–Crippen MR) is 82.1 cm³/mol. The lowest BCUT2D eigenvalue weighted by atomic mass is 10.4. The first-order chi connectivity index (χ1) is 9.47. The van der Waals surface area contributed by atoms with Crippen molar-refractivity contribution in [1.29, 1.82) is 0 Å². The van der Waals surface area contributed by atoms with Crippen molar-refractivity contribution in [3.63, 3.8) is 0 Å². The van der Waals surface area contributed by atoms with E-state index in [-0.39, 0.29) is 0 Å². The molecule has 20 heavy (non-hydrogen) atoms. The number of likely N-dealkylation sites (N-methyl/N-ethyl adjacent to an activating group) is 1. The van der Waals surface area contributed by atoms with E-state index in [2.05, 4.69) is 18.8 Å². The van der Waals surface area contributed by atoms with Crippen molar-refractivity contribution in [1.82, 2.24) is 14.2 Å². The SMILES string of the molecule is C=CCN(C)S(=O)(=O)c1cc(CNCCC)n(CC)c1. The number of aromatic nitrogens is 1. The second-order valence-electron chi connectivity index (χ2n) is 4.70. The normalized spacial score (nSPS) is 12.0. The summed E-state index contributed by atoms with van der Waals surface area (Å²) < 4.78 is 28.0. The van der Waals surface area contributed by atoms with Gasteiger partial charge in [0.15, 0.2) is 0 Å². The summed E-state index contributed by atoms with van der Waals surface area (Å²) in [6.45, 7) is 10.4. The van der Waals surface area contributed by atoms with Crippen LogP contribution in [0.5, 0.6) is 0 Å². The van der Waals surface area contributed by atoms with E-state index in [0.29, 0.717) is 18.0 Å². The lowest BCUT2D eigenvalue weighted by molar-refractivity contribution is 0.499. The van der Waals surface area contributed by atoms with Gasteiger partial charge in [-0.2, -0.15) is 4.31 Å². The average Bonchev–Trinajstić information content (AvgIpc) is 2.83. The van der Waals surface area contributed by atoms with Gasteiger partial charge in [0, 0.05) is 38.6 Å². The fraction of sp³-hybridized carbons (Fsp3) is 0.571. The summed E-state index contributed by atoms with van der Waals surface area (Å²) in [5, 5.41) is 3.30. The molecule has 0 atom stereocenters. The Bertz CT molecular complexity index is 535. The average molecular weight is 299 g/mol. The van der Waals surface area contributed by atoms with Gasteiger partial charge in [-0.25, -0.2) is 8.42 Å². The highest BCUT2D eigenvalue weighted by Gasteiger charge is 2.22. The minimum atomic E-state index is -3.43. The van der Waals surface area contributed by atoms with Gasteiger partial charge in [0.25, 0.3) is 0 Å². The Morgan fingerprint density at radius 1 is 1.45 bits per heavy atom. The van der Waals surface area contributed by atoms with Crippen LogP contribution < -0.4 is 5.32 Å². The number of hydrogen-bond acceptors (Lipinski definition) is 3. The highest BCUT2D eigenvalue weighted by molar-refractivity contribution is 7.89. The Labute approximate surface area is 122 Å². The molecule has 0 unspecified atom stereocenters. The van der Waals surface area contributed by atoms with Crippen LogP contribution in [-0.2, 0) is 23.1 Å². The third-order valence-electron chi connectivity index (χ3n) is 3.13. The predicted octanol–water partition coefficient (Wildman–Crippen LogP) is 1.81. The largest absolute Gasteiger partial charge is 0.349 e. The van der Waals surface area contributed by atoms with E-state index in [1.807, 2.05) is 11.5 Å². The Morgan fingerprint density at radius 2 is 2.15 bits per heavy atom. The Balaban J connectivity index is 2.99. The van der Waals surface area contributed by atoms with Gasteiger partial charge in [0.05, 0.1) is 0 Å². The zero-order valence-corrected chi connectivity index (χ0v) is 13.4. The van der Waals surface area contributed by atoms with Crippen LogP contribution in [0.3, 0.4) is 0 Å². The Hall–Kier alpha value is -1.11. The number of nitrogens with zero attached hydrogens (tertiary/aromatic N) is 2. The molecule has 0 aliphatic heterocycles. The minimum Gasteiger partial charge on any atom is -0.349 e. The molecule has 1 heterocycles. The van der Waals surface area contributed by atoms with E-state index in [0.717, 1.165) is 25.2 Å².